The molecule has 0 fully saturated rings. The number of carbonyl (C=O) groups excluding carboxylic acids is 1. The lowest BCUT2D eigenvalue weighted by molar-refractivity contribution is -0.138. The summed E-state index contributed by atoms with van der Waals surface area (Å²) in [6.45, 7) is 1.41. The van der Waals surface area contributed by atoms with E-state index in [-0.39, 0.29) is 15.8 Å². The Balaban J connectivity index is 3.04. The maximum absolute atomic E-state index is 12.4. The van der Waals surface area contributed by atoms with E-state index in [2.05, 4.69) is 0 Å². The Bertz CT molecular complexity index is 385. The smallest absolute Gasteiger partial charge is 0.300 e. The number of benzene rings is 1. The van der Waals surface area contributed by atoms with Crippen LogP contribution in [0.3, 0.4) is 0 Å². The molecule has 15 heavy (non-hydrogen) atoms. The third-order valence-electron chi connectivity index (χ3n) is 1.79. The summed E-state index contributed by atoms with van der Waals surface area (Å²) in [5.41, 5.74) is -0.0460. The molecule has 0 aliphatic rings. The summed E-state index contributed by atoms with van der Waals surface area (Å²) in [6.07, 6.45) is -4.15. The van der Waals surface area contributed by atoms with Crippen molar-refractivity contribution in [1.82, 2.24) is 0 Å². The molecule has 0 aromatic heterocycles. The van der Waals surface area contributed by atoms with E-state index >= 15 is 0 Å². The Morgan fingerprint density at radius 1 is 1.40 bits per heavy atom. The Labute approximate surface area is 98.8 Å². The lowest BCUT2D eigenvalue weighted by atomic mass is 10.1. The van der Waals surface area contributed by atoms with Gasteiger partial charge >= 0.3 is 6.18 Å². The normalized spacial score (nSPS) is 11.5. The number of carbonyl (C=O) groups is 1. The van der Waals surface area contributed by atoms with Gasteiger partial charge < -0.3 is 0 Å². The van der Waals surface area contributed by atoms with Crippen molar-refractivity contribution in [3.05, 3.63) is 32.9 Å². The monoisotopic (exact) mass is 328 g/mol. The van der Waals surface area contributed by atoms with Crippen LogP contribution in [-0.2, 0) is 17.4 Å². The number of Topliss-reactive ketones (excluding diaryl/α,β-unsaturated/α-hetero) is 1. The van der Waals surface area contributed by atoms with Gasteiger partial charge in [0.25, 0.3) is 0 Å². The lowest BCUT2D eigenvalue weighted by Gasteiger charge is -2.09. The highest BCUT2D eigenvalue weighted by atomic mass is 127. The topological polar surface area (TPSA) is 17.1 Å². The average Bonchev–Trinajstić information content (AvgIpc) is 1.99. The molecule has 0 radical (unpaired) electrons. The minimum Gasteiger partial charge on any atom is -0.300 e. The predicted octanol–water partition coefficient (Wildman–Crippen LogP) is 3.44. The molecule has 0 N–H and O–H groups in total. The number of alkyl halides is 3. The van der Waals surface area contributed by atoms with Crippen LogP contribution < -0.4 is 0 Å². The molecule has 0 amide bonds. The molecule has 0 bridgehead atoms. The van der Waals surface area contributed by atoms with Gasteiger partial charge in [-0.25, -0.2) is 0 Å². The van der Waals surface area contributed by atoms with Crippen LogP contribution >= 0.6 is 22.6 Å². The number of halogens is 4. The molecule has 0 aliphatic heterocycles. The Kier molecular flexibility index (Phi) is 3.75. The third-order valence-corrected chi connectivity index (χ3v) is 2.68. The van der Waals surface area contributed by atoms with Crippen molar-refractivity contribution in [2.24, 2.45) is 0 Å². The van der Waals surface area contributed by atoms with Crippen LogP contribution in [0.4, 0.5) is 13.2 Å². The van der Waals surface area contributed by atoms with Crippen LogP contribution in [0.5, 0.6) is 0 Å². The first-order chi connectivity index (χ1) is 6.80. The van der Waals surface area contributed by atoms with Gasteiger partial charge in [0, 0.05) is 9.99 Å². The SMILES string of the molecule is CC(=O)Cc1ccc(C(F)(F)F)c(I)c1. The highest BCUT2D eigenvalue weighted by Gasteiger charge is 2.32. The van der Waals surface area contributed by atoms with Crippen molar-refractivity contribution in [3.8, 4) is 0 Å². The zero-order valence-electron chi connectivity index (χ0n) is 7.86. The second-order valence-electron chi connectivity index (χ2n) is 3.19. The molecule has 0 unspecified atom stereocenters. The van der Waals surface area contributed by atoms with Crippen LogP contribution in [0.15, 0.2) is 18.2 Å². The summed E-state index contributed by atoms with van der Waals surface area (Å²) >= 11 is 1.63. The maximum Gasteiger partial charge on any atom is 0.417 e. The standard InChI is InChI=1S/C10H8F3IO/c1-6(15)4-7-2-3-8(9(14)5-7)10(11,12)13/h2-3,5H,4H2,1H3. The second kappa shape index (κ2) is 4.51. The highest BCUT2D eigenvalue weighted by Crippen LogP contribution is 2.33. The summed E-state index contributed by atoms with van der Waals surface area (Å²) in [6, 6.07) is 3.75. The van der Waals surface area contributed by atoms with E-state index in [4.69, 9.17) is 0 Å². The molecule has 0 heterocycles. The molecule has 0 aliphatic carbocycles. The van der Waals surface area contributed by atoms with Crippen LogP contribution in [0.1, 0.15) is 18.1 Å². The Hall–Kier alpha value is -0.590. The van der Waals surface area contributed by atoms with Crippen LogP contribution in [-0.4, -0.2) is 5.78 Å². The van der Waals surface area contributed by atoms with E-state index in [9.17, 15) is 18.0 Å². The molecule has 0 spiro atoms. The quantitative estimate of drug-likeness (QED) is 0.760. The van der Waals surface area contributed by atoms with Gasteiger partial charge in [-0.15, -0.1) is 0 Å². The summed E-state index contributed by atoms with van der Waals surface area (Å²) in [5, 5.41) is 0. The van der Waals surface area contributed by atoms with Gasteiger partial charge in [0.2, 0.25) is 0 Å². The fourth-order valence-corrected chi connectivity index (χ4v) is 2.07. The van der Waals surface area contributed by atoms with Gasteiger partial charge in [0.1, 0.15) is 5.78 Å². The maximum atomic E-state index is 12.4. The Morgan fingerprint density at radius 3 is 2.40 bits per heavy atom. The number of ketones is 1. The van der Waals surface area contributed by atoms with Crippen molar-refractivity contribution in [2.75, 3.05) is 0 Å². The molecule has 0 saturated heterocycles. The van der Waals surface area contributed by atoms with Gasteiger partial charge in [0.05, 0.1) is 5.56 Å². The van der Waals surface area contributed by atoms with Crippen molar-refractivity contribution < 1.29 is 18.0 Å². The molecule has 1 nitrogen and oxygen atoms in total. The van der Waals surface area contributed by atoms with E-state index in [0.717, 1.165) is 6.07 Å². The van der Waals surface area contributed by atoms with E-state index in [1.54, 1.807) is 22.6 Å². The van der Waals surface area contributed by atoms with Gasteiger partial charge in [-0.2, -0.15) is 13.2 Å². The summed E-state index contributed by atoms with van der Waals surface area (Å²) < 4.78 is 37.2. The highest BCUT2D eigenvalue weighted by molar-refractivity contribution is 14.1. The van der Waals surface area contributed by atoms with Gasteiger partial charge in [-0.1, -0.05) is 6.07 Å². The van der Waals surface area contributed by atoms with Gasteiger partial charge in [0.15, 0.2) is 0 Å². The summed E-state index contributed by atoms with van der Waals surface area (Å²) in [5.74, 6) is -0.0643. The van der Waals surface area contributed by atoms with E-state index in [1.807, 2.05) is 0 Å². The van der Waals surface area contributed by atoms with Crippen molar-refractivity contribution in [2.45, 2.75) is 19.5 Å². The molecular formula is C10H8F3IO. The number of rotatable bonds is 2. The molecular weight excluding hydrogens is 320 g/mol. The van der Waals surface area contributed by atoms with Crippen molar-refractivity contribution in [3.63, 3.8) is 0 Å². The Morgan fingerprint density at radius 2 is 2.00 bits per heavy atom. The molecule has 1 aromatic carbocycles. The van der Waals surface area contributed by atoms with Crippen LogP contribution in [0, 0.1) is 3.57 Å². The molecule has 1 rings (SSSR count). The largest absolute Gasteiger partial charge is 0.417 e. The first kappa shape index (κ1) is 12.5. The lowest BCUT2D eigenvalue weighted by Crippen LogP contribution is -2.08. The molecule has 0 saturated carbocycles. The minimum atomic E-state index is -4.33. The fourth-order valence-electron chi connectivity index (χ4n) is 1.19. The predicted molar refractivity (Wildman–Crippen MR) is 58.5 cm³/mol. The zero-order valence-corrected chi connectivity index (χ0v) is 10.0. The van der Waals surface area contributed by atoms with E-state index < -0.39 is 11.7 Å². The zero-order chi connectivity index (χ0) is 11.6. The first-order valence-electron chi connectivity index (χ1n) is 4.16. The van der Waals surface area contributed by atoms with E-state index in [1.165, 1.54) is 19.1 Å². The molecule has 82 valence electrons. The van der Waals surface area contributed by atoms with Crippen molar-refractivity contribution >= 4 is 28.4 Å². The minimum absolute atomic E-state index is 0.0643. The van der Waals surface area contributed by atoms with Crippen LogP contribution in [0.2, 0.25) is 0 Å². The summed E-state index contributed by atoms with van der Waals surface area (Å²) in [4.78, 5) is 10.8. The average molecular weight is 328 g/mol. The molecule has 0 atom stereocenters. The summed E-state index contributed by atoms with van der Waals surface area (Å²) in [7, 11) is 0. The van der Waals surface area contributed by atoms with E-state index in [0.29, 0.717) is 5.56 Å². The third kappa shape index (κ3) is 3.48. The van der Waals surface area contributed by atoms with Crippen molar-refractivity contribution in [1.29, 1.82) is 0 Å². The van der Waals surface area contributed by atoms with Gasteiger partial charge in [-0.05, 0) is 47.2 Å². The molecule has 5 heteroatoms. The van der Waals surface area contributed by atoms with Gasteiger partial charge in [-0.3, -0.25) is 4.79 Å². The first-order valence-corrected chi connectivity index (χ1v) is 5.23. The number of hydrogen-bond acceptors (Lipinski definition) is 1. The molecule has 1 aromatic rings. The number of hydrogen-bond donors (Lipinski definition) is 0. The second-order valence-corrected chi connectivity index (χ2v) is 4.35. The van der Waals surface area contributed by atoms with Crippen LogP contribution in [0.25, 0.3) is 0 Å². The fraction of sp³-hybridized carbons (Fsp3) is 0.300.